The van der Waals surface area contributed by atoms with Crippen LogP contribution < -0.4 is 0 Å². The zero-order valence-corrected chi connectivity index (χ0v) is 12.9. The summed E-state index contributed by atoms with van der Waals surface area (Å²) < 4.78 is 6.18. The number of likely N-dealkylation sites (N-methyl/N-ethyl adjacent to an activating group) is 1. The van der Waals surface area contributed by atoms with Crippen LogP contribution in [-0.4, -0.2) is 43.4 Å². The summed E-state index contributed by atoms with van der Waals surface area (Å²) in [7, 11) is 3.76. The van der Waals surface area contributed by atoms with E-state index < -0.39 is 6.10 Å². The number of rotatable bonds is 7. The van der Waals surface area contributed by atoms with Crippen molar-refractivity contribution in [2.75, 3.05) is 27.2 Å². The lowest BCUT2D eigenvalue weighted by Gasteiger charge is -2.22. The average molecular weight is 316 g/mol. The number of methoxy groups -OCH3 is 1. The third-order valence-electron chi connectivity index (χ3n) is 3.02. The van der Waals surface area contributed by atoms with Crippen molar-refractivity contribution in [3.05, 3.63) is 34.3 Å². The van der Waals surface area contributed by atoms with E-state index in [4.69, 9.17) is 4.74 Å². The quantitative estimate of drug-likeness (QED) is 0.840. The monoisotopic (exact) mass is 315 g/mol. The van der Waals surface area contributed by atoms with E-state index >= 15 is 0 Å². The predicted molar refractivity (Wildman–Crippen MR) is 77.7 cm³/mol. The molecule has 0 amide bonds. The summed E-state index contributed by atoms with van der Waals surface area (Å²) in [5, 5.41) is 10.2. The van der Waals surface area contributed by atoms with Crippen molar-refractivity contribution in [2.24, 2.45) is 0 Å². The molecule has 0 heterocycles. The number of halogens is 1. The highest BCUT2D eigenvalue weighted by molar-refractivity contribution is 9.10. The van der Waals surface area contributed by atoms with Crippen LogP contribution in [0.25, 0.3) is 0 Å². The third kappa shape index (κ3) is 5.06. The SMILES string of the molecule is COC(C)CN(C)CCC(O)c1ccccc1Br. The van der Waals surface area contributed by atoms with Crippen LogP contribution in [0.15, 0.2) is 28.7 Å². The molecule has 0 fully saturated rings. The first-order valence-electron chi connectivity index (χ1n) is 6.18. The fourth-order valence-electron chi connectivity index (χ4n) is 1.85. The maximum Gasteiger partial charge on any atom is 0.0813 e. The summed E-state index contributed by atoms with van der Waals surface area (Å²) in [6, 6.07) is 7.80. The molecular weight excluding hydrogens is 294 g/mol. The molecule has 0 aliphatic heterocycles. The van der Waals surface area contributed by atoms with Gasteiger partial charge in [-0.25, -0.2) is 0 Å². The second-order valence-corrected chi connectivity index (χ2v) is 5.49. The van der Waals surface area contributed by atoms with Gasteiger partial charge >= 0.3 is 0 Å². The van der Waals surface area contributed by atoms with Gasteiger partial charge in [-0.3, -0.25) is 0 Å². The van der Waals surface area contributed by atoms with Crippen LogP contribution in [0.3, 0.4) is 0 Å². The number of ether oxygens (including phenoxy) is 1. The smallest absolute Gasteiger partial charge is 0.0813 e. The lowest BCUT2D eigenvalue weighted by molar-refractivity contribution is 0.0775. The van der Waals surface area contributed by atoms with Crippen molar-refractivity contribution < 1.29 is 9.84 Å². The van der Waals surface area contributed by atoms with Crippen LogP contribution in [0.4, 0.5) is 0 Å². The molecule has 0 radical (unpaired) electrons. The molecule has 0 spiro atoms. The van der Waals surface area contributed by atoms with E-state index in [-0.39, 0.29) is 6.10 Å². The topological polar surface area (TPSA) is 32.7 Å². The van der Waals surface area contributed by atoms with Crippen LogP contribution >= 0.6 is 15.9 Å². The van der Waals surface area contributed by atoms with E-state index in [0.29, 0.717) is 0 Å². The van der Waals surface area contributed by atoms with Gasteiger partial charge in [0.1, 0.15) is 0 Å². The van der Waals surface area contributed by atoms with Gasteiger partial charge in [-0.15, -0.1) is 0 Å². The molecule has 1 rings (SSSR count). The van der Waals surface area contributed by atoms with Crippen molar-refractivity contribution in [1.29, 1.82) is 0 Å². The summed E-state index contributed by atoms with van der Waals surface area (Å²) >= 11 is 3.46. The first kappa shape index (κ1) is 15.6. The maximum atomic E-state index is 10.2. The molecule has 1 aromatic carbocycles. The van der Waals surface area contributed by atoms with Crippen molar-refractivity contribution in [1.82, 2.24) is 4.90 Å². The van der Waals surface area contributed by atoms with Crippen LogP contribution in [0.5, 0.6) is 0 Å². The molecular formula is C14H22BrNO2. The number of aliphatic hydroxyl groups excluding tert-OH is 1. The number of hydrogen-bond donors (Lipinski definition) is 1. The predicted octanol–water partition coefficient (Wildman–Crippen LogP) is 2.84. The van der Waals surface area contributed by atoms with E-state index in [1.807, 2.05) is 38.2 Å². The fraction of sp³-hybridized carbons (Fsp3) is 0.571. The highest BCUT2D eigenvalue weighted by atomic mass is 79.9. The number of nitrogens with zero attached hydrogens (tertiary/aromatic N) is 1. The zero-order valence-electron chi connectivity index (χ0n) is 11.3. The van der Waals surface area contributed by atoms with Crippen molar-refractivity contribution in [3.8, 4) is 0 Å². The molecule has 18 heavy (non-hydrogen) atoms. The molecule has 102 valence electrons. The minimum Gasteiger partial charge on any atom is -0.388 e. The van der Waals surface area contributed by atoms with E-state index in [1.54, 1.807) is 7.11 Å². The minimum absolute atomic E-state index is 0.218. The molecule has 0 aliphatic carbocycles. The molecule has 0 aromatic heterocycles. The Labute approximate surface area is 118 Å². The summed E-state index contributed by atoms with van der Waals surface area (Å²) in [6.07, 6.45) is 0.506. The van der Waals surface area contributed by atoms with Gasteiger partial charge in [0, 0.05) is 24.7 Å². The van der Waals surface area contributed by atoms with Gasteiger partial charge in [-0.05, 0) is 32.0 Å². The average Bonchev–Trinajstić information content (AvgIpc) is 2.36. The van der Waals surface area contributed by atoms with E-state index in [1.165, 1.54) is 0 Å². The molecule has 1 aromatic rings. The normalized spacial score (nSPS) is 14.8. The second kappa shape index (κ2) is 7.89. The standard InChI is InChI=1S/C14H22BrNO2/c1-11(18-3)10-16(2)9-8-14(17)12-6-4-5-7-13(12)15/h4-7,11,14,17H,8-10H2,1-3H3. The van der Waals surface area contributed by atoms with Crippen molar-refractivity contribution in [3.63, 3.8) is 0 Å². The first-order chi connectivity index (χ1) is 8.54. The zero-order chi connectivity index (χ0) is 13.5. The molecule has 3 nitrogen and oxygen atoms in total. The summed E-state index contributed by atoms with van der Waals surface area (Å²) in [4.78, 5) is 2.17. The Morgan fingerprint density at radius 2 is 2.06 bits per heavy atom. The highest BCUT2D eigenvalue weighted by Crippen LogP contribution is 2.25. The fourth-order valence-corrected chi connectivity index (χ4v) is 2.40. The lowest BCUT2D eigenvalue weighted by Crippen LogP contribution is -2.30. The Hall–Kier alpha value is -0.420. The van der Waals surface area contributed by atoms with Crippen LogP contribution in [0, 0.1) is 0 Å². The lowest BCUT2D eigenvalue weighted by atomic mass is 10.1. The highest BCUT2D eigenvalue weighted by Gasteiger charge is 2.12. The molecule has 2 unspecified atom stereocenters. The molecule has 0 aliphatic rings. The Morgan fingerprint density at radius 1 is 1.39 bits per heavy atom. The van der Waals surface area contributed by atoms with Gasteiger partial charge in [-0.1, -0.05) is 34.1 Å². The largest absolute Gasteiger partial charge is 0.388 e. The molecule has 2 atom stereocenters. The Balaban J connectivity index is 2.42. The van der Waals surface area contributed by atoms with Gasteiger partial charge in [0.25, 0.3) is 0 Å². The summed E-state index contributed by atoms with van der Waals surface area (Å²) in [6.45, 7) is 3.76. The summed E-state index contributed by atoms with van der Waals surface area (Å²) in [5.74, 6) is 0. The second-order valence-electron chi connectivity index (χ2n) is 4.63. The molecule has 1 N–H and O–H groups in total. The Bertz CT molecular complexity index is 359. The Morgan fingerprint density at radius 3 is 2.67 bits per heavy atom. The number of hydrogen-bond acceptors (Lipinski definition) is 3. The minimum atomic E-state index is -0.430. The van der Waals surface area contributed by atoms with Gasteiger partial charge in [0.05, 0.1) is 12.2 Å². The number of aliphatic hydroxyl groups is 1. The molecule has 4 heteroatoms. The van der Waals surface area contributed by atoms with Gasteiger partial charge in [0.15, 0.2) is 0 Å². The summed E-state index contributed by atoms with van der Waals surface area (Å²) in [5.41, 5.74) is 0.950. The van der Waals surface area contributed by atoms with E-state index in [9.17, 15) is 5.11 Å². The van der Waals surface area contributed by atoms with Crippen molar-refractivity contribution in [2.45, 2.75) is 25.6 Å². The van der Waals surface area contributed by atoms with Gasteiger partial charge in [-0.2, -0.15) is 0 Å². The molecule has 0 bridgehead atoms. The van der Waals surface area contributed by atoms with Crippen LogP contribution in [0.2, 0.25) is 0 Å². The third-order valence-corrected chi connectivity index (χ3v) is 3.74. The molecule has 0 saturated carbocycles. The van der Waals surface area contributed by atoms with Crippen LogP contribution in [0.1, 0.15) is 25.0 Å². The maximum absolute atomic E-state index is 10.2. The van der Waals surface area contributed by atoms with E-state index in [0.717, 1.165) is 29.5 Å². The van der Waals surface area contributed by atoms with Crippen molar-refractivity contribution >= 4 is 15.9 Å². The number of benzene rings is 1. The Kier molecular flexibility index (Phi) is 6.86. The first-order valence-corrected chi connectivity index (χ1v) is 6.97. The van der Waals surface area contributed by atoms with Gasteiger partial charge < -0.3 is 14.7 Å². The van der Waals surface area contributed by atoms with E-state index in [2.05, 4.69) is 20.8 Å². The van der Waals surface area contributed by atoms with Crippen LogP contribution in [-0.2, 0) is 4.74 Å². The van der Waals surface area contributed by atoms with Gasteiger partial charge in [0.2, 0.25) is 0 Å². The molecule has 0 saturated heterocycles.